The summed E-state index contributed by atoms with van der Waals surface area (Å²) in [6, 6.07) is 7.98. The van der Waals surface area contributed by atoms with Crippen molar-refractivity contribution in [2.24, 2.45) is 0 Å². The maximum absolute atomic E-state index is 13.7. The summed E-state index contributed by atoms with van der Waals surface area (Å²) < 4.78 is 13.7. The van der Waals surface area contributed by atoms with E-state index in [2.05, 4.69) is 20.5 Å². The molecule has 0 fully saturated rings. The second kappa shape index (κ2) is 6.15. The minimum absolute atomic E-state index is 0.200. The number of fused-ring (bicyclic) bond motifs is 1. The Kier molecular flexibility index (Phi) is 4.06. The van der Waals surface area contributed by atoms with Gasteiger partial charge in [-0.15, -0.1) is 21.5 Å². The number of halogens is 1. The molecule has 0 saturated carbocycles. The molecule has 0 saturated heterocycles. The van der Waals surface area contributed by atoms with Gasteiger partial charge in [0, 0.05) is 18.4 Å². The molecule has 0 aliphatic rings. The molecule has 112 valence electrons. The van der Waals surface area contributed by atoms with Gasteiger partial charge in [0.2, 0.25) is 0 Å². The van der Waals surface area contributed by atoms with Gasteiger partial charge in [-0.05, 0) is 19.1 Å². The predicted molar refractivity (Wildman–Crippen MR) is 82.4 cm³/mol. The van der Waals surface area contributed by atoms with Gasteiger partial charge < -0.3 is 5.32 Å². The highest BCUT2D eigenvalue weighted by Crippen LogP contribution is 2.15. The van der Waals surface area contributed by atoms with E-state index in [1.165, 1.54) is 17.4 Å². The van der Waals surface area contributed by atoms with Gasteiger partial charge in [-0.1, -0.05) is 18.2 Å². The highest BCUT2D eigenvalue weighted by molar-refractivity contribution is 7.11. The minimum atomic E-state index is -0.434. The summed E-state index contributed by atoms with van der Waals surface area (Å²) in [5.74, 6) is -0.761. The van der Waals surface area contributed by atoms with Crippen LogP contribution in [-0.2, 0) is 6.42 Å². The second-order valence-electron chi connectivity index (χ2n) is 4.73. The van der Waals surface area contributed by atoms with Crippen molar-refractivity contribution in [3.8, 4) is 0 Å². The zero-order chi connectivity index (χ0) is 15.5. The number of para-hydroxylation sites is 1. The number of hydrogen-bond donors (Lipinski definition) is 1. The van der Waals surface area contributed by atoms with Crippen LogP contribution in [-0.4, -0.2) is 27.6 Å². The summed E-state index contributed by atoms with van der Waals surface area (Å²) in [5, 5.41) is 13.1. The number of aromatic nitrogens is 3. The molecule has 0 aliphatic carbocycles. The fraction of sp³-hybridized carbons (Fsp3) is 0.200. The van der Waals surface area contributed by atoms with Gasteiger partial charge in [0.05, 0.1) is 0 Å². The smallest absolute Gasteiger partial charge is 0.269 e. The molecule has 0 spiro atoms. The number of rotatable bonds is 4. The van der Waals surface area contributed by atoms with E-state index in [4.69, 9.17) is 0 Å². The number of amides is 1. The van der Waals surface area contributed by atoms with Gasteiger partial charge in [-0.3, -0.25) is 4.79 Å². The van der Waals surface area contributed by atoms with Crippen LogP contribution >= 0.6 is 11.3 Å². The third-order valence-corrected chi connectivity index (χ3v) is 3.99. The standard InChI is InChI=1S/C15H13FN4OS/c1-9-19-20-13(22-9)7-8-17-15(21)12-6-5-10-3-2-4-11(16)14(10)18-12/h2-6H,7-8H2,1H3,(H,17,21). The maximum Gasteiger partial charge on any atom is 0.269 e. The fourth-order valence-electron chi connectivity index (χ4n) is 2.05. The molecule has 0 atom stereocenters. The number of benzene rings is 1. The molecule has 0 unspecified atom stereocenters. The molecular weight excluding hydrogens is 303 g/mol. The van der Waals surface area contributed by atoms with Crippen molar-refractivity contribution < 1.29 is 9.18 Å². The van der Waals surface area contributed by atoms with E-state index >= 15 is 0 Å². The van der Waals surface area contributed by atoms with Crippen molar-refractivity contribution in [1.29, 1.82) is 0 Å². The zero-order valence-corrected chi connectivity index (χ0v) is 12.7. The summed E-state index contributed by atoms with van der Waals surface area (Å²) in [7, 11) is 0. The summed E-state index contributed by atoms with van der Waals surface area (Å²) in [4.78, 5) is 16.2. The van der Waals surface area contributed by atoms with E-state index in [9.17, 15) is 9.18 Å². The number of hydrogen-bond acceptors (Lipinski definition) is 5. The molecule has 1 N–H and O–H groups in total. The fourth-order valence-corrected chi connectivity index (χ4v) is 2.76. The van der Waals surface area contributed by atoms with Gasteiger partial charge in [-0.2, -0.15) is 0 Å². The van der Waals surface area contributed by atoms with Gasteiger partial charge in [0.25, 0.3) is 5.91 Å². The van der Waals surface area contributed by atoms with Crippen molar-refractivity contribution in [3.05, 3.63) is 51.9 Å². The lowest BCUT2D eigenvalue weighted by Gasteiger charge is -2.05. The maximum atomic E-state index is 13.7. The molecule has 0 bridgehead atoms. The van der Waals surface area contributed by atoms with E-state index in [1.54, 1.807) is 24.3 Å². The van der Waals surface area contributed by atoms with E-state index < -0.39 is 5.82 Å². The Morgan fingerprint density at radius 3 is 2.91 bits per heavy atom. The quantitative estimate of drug-likeness (QED) is 0.803. The lowest BCUT2D eigenvalue weighted by Crippen LogP contribution is -2.26. The first-order chi connectivity index (χ1) is 10.6. The number of nitrogens with zero attached hydrogens (tertiary/aromatic N) is 3. The number of pyridine rings is 1. The molecule has 2 heterocycles. The Morgan fingerprint density at radius 1 is 1.27 bits per heavy atom. The van der Waals surface area contributed by atoms with Crippen LogP contribution in [0.1, 0.15) is 20.5 Å². The average Bonchev–Trinajstić information content (AvgIpc) is 2.93. The van der Waals surface area contributed by atoms with Gasteiger partial charge in [0.1, 0.15) is 27.0 Å². The van der Waals surface area contributed by atoms with Gasteiger partial charge in [-0.25, -0.2) is 9.37 Å². The molecular formula is C15H13FN4OS. The van der Waals surface area contributed by atoms with E-state index in [0.717, 1.165) is 10.0 Å². The van der Waals surface area contributed by atoms with Crippen molar-refractivity contribution >= 4 is 28.1 Å². The van der Waals surface area contributed by atoms with Crippen LogP contribution in [0, 0.1) is 12.7 Å². The first-order valence-electron chi connectivity index (χ1n) is 6.76. The van der Waals surface area contributed by atoms with E-state index in [-0.39, 0.29) is 17.1 Å². The molecule has 1 amide bonds. The second-order valence-corrected chi connectivity index (χ2v) is 5.99. The molecule has 1 aromatic carbocycles. The molecule has 2 aromatic heterocycles. The summed E-state index contributed by atoms with van der Waals surface area (Å²) >= 11 is 1.50. The monoisotopic (exact) mass is 316 g/mol. The van der Waals surface area contributed by atoms with Crippen molar-refractivity contribution in [2.75, 3.05) is 6.54 Å². The van der Waals surface area contributed by atoms with Crippen molar-refractivity contribution in [3.63, 3.8) is 0 Å². The molecule has 5 nitrogen and oxygen atoms in total. The first kappa shape index (κ1) is 14.5. The Morgan fingerprint density at radius 2 is 2.14 bits per heavy atom. The largest absolute Gasteiger partial charge is 0.350 e. The van der Waals surface area contributed by atoms with Crippen LogP contribution in [0.25, 0.3) is 10.9 Å². The topological polar surface area (TPSA) is 67.8 Å². The molecule has 0 aliphatic heterocycles. The highest BCUT2D eigenvalue weighted by Gasteiger charge is 2.10. The summed E-state index contributed by atoms with van der Waals surface area (Å²) in [6.45, 7) is 2.32. The number of carbonyl (C=O) groups excluding carboxylic acids is 1. The molecule has 7 heteroatoms. The third-order valence-electron chi connectivity index (χ3n) is 3.10. The van der Waals surface area contributed by atoms with Crippen LogP contribution in [0.15, 0.2) is 30.3 Å². The molecule has 0 radical (unpaired) electrons. The molecule has 3 rings (SSSR count). The minimum Gasteiger partial charge on any atom is -0.350 e. The third kappa shape index (κ3) is 3.09. The number of nitrogens with one attached hydrogen (secondary N) is 1. The predicted octanol–water partition coefficient (Wildman–Crippen LogP) is 2.51. The Labute approximate surface area is 130 Å². The van der Waals surface area contributed by atoms with Crippen LogP contribution in [0.2, 0.25) is 0 Å². The van der Waals surface area contributed by atoms with Crippen molar-refractivity contribution in [1.82, 2.24) is 20.5 Å². The molecule has 22 heavy (non-hydrogen) atoms. The zero-order valence-electron chi connectivity index (χ0n) is 11.8. The van der Waals surface area contributed by atoms with Crippen LogP contribution in [0.5, 0.6) is 0 Å². The van der Waals surface area contributed by atoms with Crippen molar-refractivity contribution in [2.45, 2.75) is 13.3 Å². The SMILES string of the molecule is Cc1nnc(CCNC(=O)c2ccc3cccc(F)c3n2)s1. The Hall–Kier alpha value is -2.41. The Bertz CT molecular complexity index is 833. The normalized spacial score (nSPS) is 10.8. The lowest BCUT2D eigenvalue weighted by atomic mass is 10.2. The molecule has 3 aromatic rings. The van der Waals surface area contributed by atoms with E-state index in [0.29, 0.717) is 18.4 Å². The Balaban J connectivity index is 1.68. The summed E-state index contributed by atoms with van der Waals surface area (Å²) in [5.41, 5.74) is 0.404. The van der Waals surface area contributed by atoms with Crippen LogP contribution in [0.3, 0.4) is 0 Å². The van der Waals surface area contributed by atoms with Gasteiger partial charge in [0.15, 0.2) is 0 Å². The average molecular weight is 316 g/mol. The first-order valence-corrected chi connectivity index (χ1v) is 7.57. The van der Waals surface area contributed by atoms with Gasteiger partial charge >= 0.3 is 0 Å². The van der Waals surface area contributed by atoms with Crippen LogP contribution in [0.4, 0.5) is 4.39 Å². The summed E-state index contributed by atoms with van der Waals surface area (Å²) in [6.07, 6.45) is 0.610. The number of carbonyl (C=O) groups is 1. The highest BCUT2D eigenvalue weighted by atomic mass is 32.1. The van der Waals surface area contributed by atoms with E-state index in [1.807, 2.05) is 6.92 Å². The lowest BCUT2D eigenvalue weighted by molar-refractivity contribution is 0.0949. The number of aryl methyl sites for hydroxylation is 1. The van der Waals surface area contributed by atoms with Crippen LogP contribution < -0.4 is 5.32 Å².